The molecule has 23 heavy (non-hydrogen) atoms. The second-order valence-corrected chi connectivity index (χ2v) is 5.76. The Labute approximate surface area is 147 Å². The third kappa shape index (κ3) is 3.89. The molecule has 2 aromatic carbocycles. The van der Waals surface area contributed by atoms with Crippen molar-refractivity contribution in [2.75, 3.05) is 26.6 Å². The molecule has 1 amide bonds. The zero-order chi connectivity index (χ0) is 17.0. The summed E-state index contributed by atoms with van der Waals surface area (Å²) in [6, 6.07) is 8.31. The Hall–Kier alpha value is -1.92. The summed E-state index contributed by atoms with van der Waals surface area (Å²) >= 11 is 9.33. The van der Waals surface area contributed by atoms with Gasteiger partial charge in [-0.15, -0.1) is 0 Å². The van der Waals surface area contributed by atoms with Crippen LogP contribution in [0.2, 0.25) is 5.02 Å². The molecule has 0 bridgehead atoms. The lowest BCUT2D eigenvalue weighted by molar-refractivity contribution is 0.102. The summed E-state index contributed by atoms with van der Waals surface area (Å²) in [5.41, 5.74) is 0.954. The number of ether oxygens (including phenoxy) is 3. The van der Waals surface area contributed by atoms with Gasteiger partial charge in [0, 0.05) is 15.7 Å². The van der Waals surface area contributed by atoms with Crippen molar-refractivity contribution in [2.24, 2.45) is 0 Å². The van der Waals surface area contributed by atoms with E-state index >= 15 is 0 Å². The Morgan fingerprint density at radius 2 is 1.65 bits per heavy atom. The summed E-state index contributed by atoms with van der Waals surface area (Å²) in [5, 5.41) is 3.28. The van der Waals surface area contributed by atoms with Crippen molar-refractivity contribution < 1.29 is 19.0 Å². The van der Waals surface area contributed by atoms with Gasteiger partial charge in [-0.25, -0.2) is 0 Å². The van der Waals surface area contributed by atoms with Crippen LogP contribution < -0.4 is 19.5 Å². The molecule has 0 heterocycles. The molecule has 0 radical (unpaired) electrons. The Morgan fingerprint density at radius 3 is 2.13 bits per heavy atom. The second-order valence-electron chi connectivity index (χ2n) is 4.50. The highest BCUT2D eigenvalue weighted by molar-refractivity contribution is 9.10. The van der Waals surface area contributed by atoms with Gasteiger partial charge in [0.05, 0.1) is 26.4 Å². The third-order valence-corrected chi connectivity index (χ3v) is 4.34. The normalized spacial score (nSPS) is 10.1. The first-order chi connectivity index (χ1) is 11.0. The van der Waals surface area contributed by atoms with Gasteiger partial charge in [0.1, 0.15) is 0 Å². The van der Waals surface area contributed by atoms with E-state index in [1.807, 2.05) is 0 Å². The van der Waals surface area contributed by atoms with E-state index in [-0.39, 0.29) is 5.91 Å². The molecule has 0 aromatic heterocycles. The predicted molar refractivity (Wildman–Crippen MR) is 93.2 cm³/mol. The average Bonchev–Trinajstić information content (AvgIpc) is 2.56. The van der Waals surface area contributed by atoms with Gasteiger partial charge in [-0.2, -0.15) is 0 Å². The molecule has 0 saturated carbocycles. The summed E-state index contributed by atoms with van der Waals surface area (Å²) in [7, 11) is 4.49. The molecule has 2 aromatic rings. The van der Waals surface area contributed by atoms with Crippen molar-refractivity contribution in [2.45, 2.75) is 0 Å². The van der Waals surface area contributed by atoms with Gasteiger partial charge >= 0.3 is 0 Å². The molecule has 0 fully saturated rings. The first kappa shape index (κ1) is 17.4. The fourth-order valence-corrected chi connectivity index (χ4v) is 2.42. The van der Waals surface area contributed by atoms with Gasteiger partial charge in [-0.3, -0.25) is 4.79 Å². The molecule has 0 aliphatic rings. The van der Waals surface area contributed by atoms with Crippen LogP contribution in [0.3, 0.4) is 0 Å². The summed E-state index contributed by atoms with van der Waals surface area (Å²) in [6.07, 6.45) is 0. The molecule has 0 unspecified atom stereocenters. The first-order valence-corrected chi connectivity index (χ1v) is 7.73. The summed E-state index contributed by atoms with van der Waals surface area (Å²) < 4.78 is 16.5. The van der Waals surface area contributed by atoms with Crippen LogP contribution >= 0.6 is 27.5 Å². The number of benzene rings is 2. The van der Waals surface area contributed by atoms with E-state index < -0.39 is 0 Å². The van der Waals surface area contributed by atoms with Crippen LogP contribution in [0, 0.1) is 0 Å². The van der Waals surface area contributed by atoms with Gasteiger partial charge in [0.2, 0.25) is 5.75 Å². The predicted octanol–water partition coefficient (Wildman–Crippen LogP) is 4.38. The van der Waals surface area contributed by atoms with Crippen LogP contribution in [0.4, 0.5) is 5.69 Å². The van der Waals surface area contributed by atoms with Crippen LogP contribution in [0.5, 0.6) is 17.2 Å². The van der Waals surface area contributed by atoms with Crippen molar-refractivity contribution in [3.8, 4) is 17.2 Å². The fraction of sp³-hybridized carbons (Fsp3) is 0.188. The van der Waals surface area contributed by atoms with Crippen LogP contribution in [0.25, 0.3) is 0 Å². The van der Waals surface area contributed by atoms with Crippen LogP contribution in [0.15, 0.2) is 34.8 Å². The lowest BCUT2D eigenvalue weighted by atomic mass is 10.1. The Kier molecular flexibility index (Phi) is 5.74. The van der Waals surface area contributed by atoms with Gasteiger partial charge in [0.15, 0.2) is 11.5 Å². The van der Waals surface area contributed by atoms with E-state index in [1.54, 1.807) is 30.3 Å². The number of hydrogen-bond acceptors (Lipinski definition) is 4. The Morgan fingerprint density at radius 1 is 1.04 bits per heavy atom. The maximum Gasteiger partial charge on any atom is 0.255 e. The van der Waals surface area contributed by atoms with E-state index in [0.717, 1.165) is 4.47 Å². The Balaban J connectivity index is 2.33. The number of methoxy groups -OCH3 is 3. The van der Waals surface area contributed by atoms with Gasteiger partial charge in [-0.05, 0) is 46.3 Å². The maximum absolute atomic E-state index is 12.4. The van der Waals surface area contributed by atoms with Gasteiger partial charge in [-0.1, -0.05) is 11.6 Å². The smallest absolute Gasteiger partial charge is 0.255 e. The number of halogens is 2. The maximum atomic E-state index is 12.4. The molecule has 0 saturated heterocycles. The molecule has 0 spiro atoms. The largest absolute Gasteiger partial charge is 0.493 e. The van der Waals surface area contributed by atoms with E-state index in [1.165, 1.54) is 21.3 Å². The van der Waals surface area contributed by atoms with Crippen molar-refractivity contribution in [3.05, 3.63) is 45.4 Å². The average molecular weight is 401 g/mol. The number of amides is 1. The van der Waals surface area contributed by atoms with E-state index in [2.05, 4.69) is 21.2 Å². The number of hydrogen-bond donors (Lipinski definition) is 1. The summed E-state index contributed by atoms with van der Waals surface area (Å²) in [4.78, 5) is 12.4. The molecule has 122 valence electrons. The van der Waals surface area contributed by atoms with Crippen LogP contribution in [-0.4, -0.2) is 27.2 Å². The van der Waals surface area contributed by atoms with E-state index in [4.69, 9.17) is 25.8 Å². The van der Waals surface area contributed by atoms with Crippen LogP contribution in [-0.2, 0) is 0 Å². The van der Waals surface area contributed by atoms with Crippen molar-refractivity contribution in [1.29, 1.82) is 0 Å². The number of rotatable bonds is 5. The third-order valence-electron chi connectivity index (χ3n) is 3.10. The molecule has 1 N–H and O–H groups in total. The molecule has 2 rings (SSSR count). The highest BCUT2D eigenvalue weighted by atomic mass is 79.9. The molecular weight excluding hydrogens is 386 g/mol. The number of carbonyl (C=O) groups excluding carboxylic acids is 1. The van der Waals surface area contributed by atoms with Crippen molar-refractivity contribution in [1.82, 2.24) is 0 Å². The summed E-state index contributed by atoms with van der Waals surface area (Å²) in [5.74, 6) is 0.928. The molecule has 7 heteroatoms. The lowest BCUT2D eigenvalue weighted by Crippen LogP contribution is -2.12. The Bertz CT molecular complexity index is 711. The molecular formula is C16H15BrClNO4. The molecule has 5 nitrogen and oxygen atoms in total. The van der Waals surface area contributed by atoms with Gasteiger partial charge < -0.3 is 19.5 Å². The second kappa shape index (κ2) is 7.57. The molecule has 0 atom stereocenters. The first-order valence-electron chi connectivity index (χ1n) is 6.56. The monoisotopic (exact) mass is 399 g/mol. The standard InChI is InChI=1S/C16H15BrClNO4/c1-21-13-6-9(7-14(22-2)15(13)23-3)16(20)19-10-4-5-11(17)12(18)8-10/h4-8H,1-3H3,(H,19,20). The number of nitrogens with one attached hydrogen (secondary N) is 1. The zero-order valence-electron chi connectivity index (χ0n) is 12.8. The SMILES string of the molecule is COc1cc(C(=O)Nc2ccc(Br)c(Cl)c2)cc(OC)c1OC. The quantitative estimate of drug-likeness (QED) is 0.809. The number of carbonyl (C=O) groups is 1. The highest BCUT2D eigenvalue weighted by Gasteiger charge is 2.17. The minimum atomic E-state index is -0.317. The van der Waals surface area contributed by atoms with E-state index in [9.17, 15) is 4.79 Å². The zero-order valence-corrected chi connectivity index (χ0v) is 15.1. The lowest BCUT2D eigenvalue weighted by Gasteiger charge is -2.14. The van der Waals surface area contributed by atoms with Crippen molar-refractivity contribution in [3.63, 3.8) is 0 Å². The highest BCUT2D eigenvalue weighted by Crippen LogP contribution is 2.38. The minimum absolute atomic E-state index is 0.317. The fourth-order valence-electron chi connectivity index (χ4n) is 1.99. The number of anilines is 1. The molecule has 0 aliphatic heterocycles. The topological polar surface area (TPSA) is 56.8 Å². The van der Waals surface area contributed by atoms with Gasteiger partial charge in [0.25, 0.3) is 5.91 Å². The van der Waals surface area contributed by atoms with Crippen molar-refractivity contribution >= 4 is 39.1 Å². The molecule has 0 aliphatic carbocycles. The van der Waals surface area contributed by atoms with E-state index in [0.29, 0.717) is 33.5 Å². The van der Waals surface area contributed by atoms with Crippen LogP contribution in [0.1, 0.15) is 10.4 Å². The minimum Gasteiger partial charge on any atom is -0.493 e. The summed E-state index contributed by atoms with van der Waals surface area (Å²) in [6.45, 7) is 0.